The van der Waals surface area contributed by atoms with Crippen LogP contribution in [0.15, 0.2) is 66.7 Å². The fourth-order valence-corrected chi connectivity index (χ4v) is 3.57. The molecule has 0 heterocycles. The van der Waals surface area contributed by atoms with Crippen LogP contribution in [0.3, 0.4) is 0 Å². The molecule has 0 atom stereocenters. The van der Waals surface area contributed by atoms with E-state index in [4.69, 9.17) is 4.74 Å². The zero-order valence-electron chi connectivity index (χ0n) is 19.9. The number of rotatable bonds is 6. The summed E-state index contributed by atoms with van der Waals surface area (Å²) in [6.07, 6.45) is -4.76. The predicted octanol–water partition coefficient (Wildman–Crippen LogP) is 8.12. The van der Waals surface area contributed by atoms with Gasteiger partial charge in [-0.25, -0.2) is 26.3 Å². The van der Waals surface area contributed by atoms with Gasteiger partial charge < -0.3 is 9.47 Å². The van der Waals surface area contributed by atoms with Crippen molar-refractivity contribution in [3.8, 4) is 34.5 Å². The Bertz CT molecular complexity index is 1540. The van der Waals surface area contributed by atoms with Crippen molar-refractivity contribution in [2.45, 2.75) is 13.0 Å². The molecule has 2 nitrogen and oxygen atoms in total. The Hall–Kier alpha value is -4.52. The highest BCUT2D eigenvalue weighted by Crippen LogP contribution is 2.38. The summed E-state index contributed by atoms with van der Waals surface area (Å²) in [6.45, 7) is 2.34. The quantitative estimate of drug-likeness (QED) is 0.138. The van der Waals surface area contributed by atoms with E-state index in [0.29, 0.717) is 30.1 Å². The molecule has 0 amide bonds. The highest BCUT2D eigenvalue weighted by Gasteiger charge is 2.41. The third-order valence-electron chi connectivity index (χ3n) is 5.33. The fourth-order valence-electron chi connectivity index (χ4n) is 3.57. The van der Waals surface area contributed by atoms with Gasteiger partial charge in [-0.1, -0.05) is 17.9 Å². The summed E-state index contributed by atoms with van der Waals surface area (Å²) >= 11 is 0. The van der Waals surface area contributed by atoms with E-state index in [-0.39, 0.29) is 23.3 Å². The lowest BCUT2D eigenvalue weighted by Gasteiger charge is -2.20. The summed E-state index contributed by atoms with van der Waals surface area (Å²) in [5, 5.41) is 0. The molecular formula is C29H16F8O2. The largest absolute Gasteiger partial charge is 0.494 e. The van der Waals surface area contributed by atoms with Crippen LogP contribution in [0, 0.1) is 46.7 Å². The molecule has 10 heteroatoms. The van der Waals surface area contributed by atoms with Gasteiger partial charge in [-0.2, -0.15) is 8.78 Å². The van der Waals surface area contributed by atoms with Gasteiger partial charge in [0.2, 0.25) is 0 Å². The SMILES string of the molecule is CCOc1ccc(C#Cc2ccc(-c3cc(F)c(C(F)(F)Oc4cc(F)c(F)c(F)c4)c(F)c3)c(F)c2)cc1. The Kier molecular flexibility index (Phi) is 7.81. The van der Waals surface area contributed by atoms with Gasteiger partial charge in [-0.3, -0.25) is 0 Å². The highest BCUT2D eigenvalue weighted by atomic mass is 19.3. The smallest absolute Gasteiger partial charge is 0.432 e. The van der Waals surface area contributed by atoms with E-state index >= 15 is 0 Å². The summed E-state index contributed by atoms with van der Waals surface area (Å²) in [5.41, 5.74) is -1.75. The third-order valence-corrected chi connectivity index (χ3v) is 5.33. The van der Waals surface area contributed by atoms with Crippen LogP contribution in [-0.2, 0) is 6.11 Å². The van der Waals surface area contributed by atoms with Crippen molar-refractivity contribution < 1.29 is 44.6 Å². The number of hydrogen-bond donors (Lipinski definition) is 0. The summed E-state index contributed by atoms with van der Waals surface area (Å²) in [4.78, 5) is 0. The number of halogens is 8. The van der Waals surface area contributed by atoms with E-state index in [2.05, 4.69) is 16.6 Å². The van der Waals surface area contributed by atoms with Gasteiger partial charge in [-0.15, -0.1) is 0 Å². The Morgan fingerprint density at radius 1 is 0.641 bits per heavy atom. The Balaban J connectivity index is 1.59. The maximum atomic E-state index is 14.8. The van der Waals surface area contributed by atoms with E-state index in [1.54, 1.807) is 24.3 Å². The standard InChI is InChI=1S/C29H16F8O2/c1-2-38-19-8-5-16(6-9-19)3-4-17-7-10-21(22(30)11-17)18-12-23(31)27(24(32)13-18)29(36,37)39-20-14-25(33)28(35)26(34)15-20/h5-15H,2H2,1H3. The van der Waals surface area contributed by atoms with Crippen molar-refractivity contribution in [3.63, 3.8) is 0 Å². The minimum absolute atomic E-state index is 0.0895. The number of ether oxygens (including phenoxy) is 2. The van der Waals surface area contributed by atoms with Gasteiger partial charge in [0.15, 0.2) is 17.5 Å². The maximum Gasteiger partial charge on any atom is 0.432 e. The van der Waals surface area contributed by atoms with Crippen molar-refractivity contribution in [3.05, 3.63) is 118 Å². The summed E-state index contributed by atoms with van der Waals surface area (Å²) < 4.78 is 122. The van der Waals surface area contributed by atoms with Crippen LogP contribution in [0.25, 0.3) is 11.1 Å². The zero-order valence-corrected chi connectivity index (χ0v) is 19.9. The van der Waals surface area contributed by atoms with Crippen molar-refractivity contribution in [2.24, 2.45) is 0 Å². The number of alkyl halides is 2. The molecular weight excluding hydrogens is 532 g/mol. The number of hydrogen-bond acceptors (Lipinski definition) is 2. The maximum absolute atomic E-state index is 14.8. The second-order valence-corrected chi connectivity index (χ2v) is 8.04. The van der Waals surface area contributed by atoms with Gasteiger partial charge >= 0.3 is 6.11 Å². The summed E-state index contributed by atoms with van der Waals surface area (Å²) in [7, 11) is 0. The summed E-state index contributed by atoms with van der Waals surface area (Å²) in [6, 6.07) is 11.5. The lowest BCUT2D eigenvalue weighted by atomic mass is 10.0. The first-order valence-electron chi connectivity index (χ1n) is 11.2. The second-order valence-electron chi connectivity index (χ2n) is 8.04. The molecule has 0 saturated heterocycles. The van der Waals surface area contributed by atoms with Crippen molar-refractivity contribution in [1.82, 2.24) is 0 Å². The van der Waals surface area contributed by atoms with Gasteiger partial charge in [0.25, 0.3) is 0 Å². The second kappa shape index (κ2) is 11.1. The normalized spacial score (nSPS) is 11.1. The van der Waals surface area contributed by atoms with E-state index in [1.807, 2.05) is 6.92 Å². The van der Waals surface area contributed by atoms with E-state index in [9.17, 15) is 35.1 Å². The number of benzene rings is 4. The summed E-state index contributed by atoms with van der Waals surface area (Å²) in [5.74, 6) is -5.19. The first-order valence-corrected chi connectivity index (χ1v) is 11.2. The van der Waals surface area contributed by atoms with Crippen LogP contribution >= 0.6 is 0 Å². The average Bonchev–Trinajstić information content (AvgIpc) is 2.86. The predicted molar refractivity (Wildman–Crippen MR) is 126 cm³/mol. The lowest BCUT2D eigenvalue weighted by molar-refractivity contribution is -0.189. The van der Waals surface area contributed by atoms with Crippen LogP contribution in [0.2, 0.25) is 0 Å². The minimum atomic E-state index is -4.76. The Morgan fingerprint density at radius 3 is 1.77 bits per heavy atom. The molecule has 200 valence electrons. The molecule has 0 aliphatic rings. The molecule has 0 bridgehead atoms. The molecule has 0 unspecified atom stereocenters. The first kappa shape index (κ1) is 27.5. The first-order chi connectivity index (χ1) is 18.5. The molecule has 39 heavy (non-hydrogen) atoms. The molecule has 0 radical (unpaired) electrons. The van der Waals surface area contributed by atoms with Crippen LogP contribution in [-0.4, -0.2) is 6.61 Å². The molecule has 0 N–H and O–H groups in total. The molecule has 4 rings (SSSR count). The molecule has 0 spiro atoms. The fraction of sp³-hybridized carbons (Fsp3) is 0.103. The van der Waals surface area contributed by atoms with Gasteiger partial charge in [0, 0.05) is 28.8 Å². The molecule has 4 aromatic carbocycles. The molecule has 0 saturated carbocycles. The van der Waals surface area contributed by atoms with Crippen molar-refractivity contribution in [2.75, 3.05) is 6.61 Å². The van der Waals surface area contributed by atoms with Crippen LogP contribution < -0.4 is 9.47 Å². The van der Waals surface area contributed by atoms with Crippen LogP contribution in [0.4, 0.5) is 35.1 Å². The molecule has 0 fully saturated rings. The average molecular weight is 548 g/mol. The van der Waals surface area contributed by atoms with Crippen molar-refractivity contribution >= 4 is 0 Å². The zero-order chi connectivity index (χ0) is 28.3. The molecule has 0 aromatic heterocycles. The van der Waals surface area contributed by atoms with Crippen molar-refractivity contribution in [1.29, 1.82) is 0 Å². The Morgan fingerprint density at radius 2 is 1.21 bits per heavy atom. The van der Waals surface area contributed by atoms with Gasteiger partial charge in [0.05, 0.1) is 6.61 Å². The van der Waals surface area contributed by atoms with E-state index < -0.39 is 57.9 Å². The van der Waals surface area contributed by atoms with Crippen LogP contribution in [0.1, 0.15) is 23.6 Å². The lowest BCUT2D eigenvalue weighted by Crippen LogP contribution is -2.25. The highest BCUT2D eigenvalue weighted by molar-refractivity contribution is 5.66. The molecule has 0 aliphatic heterocycles. The van der Waals surface area contributed by atoms with E-state index in [0.717, 1.165) is 6.07 Å². The molecule has 0 aliphatic carbocycles. The van der Waals surface area contributed by atoms with Crippen LogP contribution in [0.5, 0.6) is 11.5 Å². The molecule has 4 aromatic rings. The van der Waals surface area contributed by atoms with Gasteiger partial charge in [0.1, 0.15) is 34.5 Å². The monoisotopic (exact) mass is 548 g/mol. The third kappa shape index (κ3) is 6.14. The minimum Gasteiger partial charge on any atom is -0.494 e. The van der Waals surface area contributed by atoms with Gasteiger partial charge in [-0.05, 0) is 61.0 Å². The van der Waals surface area contributed by atoms with E-state index in [1.165, 1.54) is 12.1 Å². The Labute approximate surface area is 217 Å². The topological polar surface area (TPSA) is 18.5 Å².